The number of aryl methyl sites for hydroxylation is 1. The van der Waals surface area contributed by atoms with Crippen molar-refractivity contribution in [1.82, 2.24) is 9.13 Å². The second kappa shape index (κ2) is 16.2. The Labute approximate surface area is 273 Å². The lowest BCUT2D eigenvalue weighted by atomic mass is 9.83. The molecule has 1 fully saturated rings. The van der Waals surface area contributed by atoms with Gasteiger partial charge >= 0.3 is 5.69 Å². The normalized spacial score (nSPS) is 20.9. The van der Waals surface area contributed by atoms with Crippen molar-refractivity contribution in [2.45, 2.75) is 57.3 Å². The molecule has 0 radical (unpaired) electrons. The number of benzene rings is 3. The van der Waals surface area contributed by atoms with Crippen molar-refractivity contribution < 1.29 is 33.5 Å². The average molecular weight is 647 g/mol. The van der Waals surface area contributed by atoms with E-state index < -0.39 is 35.3 Å². The van der Waals surface area contributed by atoms with Gasteiger partial charge in [0.05, 0.1) is 39.6 Å². The topological polar surface area (TPSA) is 120 Å². The summed E-state index contributed by atoms with van der Waals surface area (Å²) >= 11 is 0. The van der Waals surface area contributed by atoms with Crippen LogP contribution in [0.1, 0.15) is 34.9 Å². The Morgan fingerprint density at radius 2 is 1.38 bits per heavy atom. The van der Waals surface area contributed by atoms with Crippen molar-refractivity contribution in [3.8, 4) is 0 Å². The molecule has 1 saturated heterocycles. The molecule has 0 amide bonds. The minimum atomic E-state index is -1.47. The summed E-state index contributed by atoms with van der Waals surface area (Å²) in [7, 11) is 1.51. The van der Waals surface area contributed by atoms with Gasteiger partial charge in [-0.05, 0) is 23.6 Å². The Kier molecular flexibility index (Phi) is 11.9. The monoisotopic (exact) mass is 646 g/mol. The van der Waals surface area contributed by atoms with Crippen molar-refractivity contribution in [3.63, 3.8) is 0 Å². The van der Waals surface area contributed by atoms with E-state index in [1.54, 1.807) is 6.92 Å². The number of hydrogen-bond donors (Lipinski definition) is 1. The number of aromatic nitrogens is 2. The fourth-order valence-electron chi connectivity index (χ4n) is 5.75. The lowest BCUT2D eigenvalue weighted by molar-refractivity contribution is -0.236. The van der Waals surface area contributed by atoms with Crippen LogP contribution >= 0.6 is 0 Å². The summed E-state index contributed by atoms with van der Waals surface area (Å²) in [5, 5.41) is 11.1. The molecule has 0 unspecified atom stereocenters. The third-order valence-electron chi connectivity index (χ3n) is 8.30. The van der Waals surface area contributed by atoms with Gasteiger partial charge in [0, 0.05) is 25.3 Å². The van der Waals surface area contributed by atoms with Crippen LogP contribution in [0.2, 0.25) is 0 Å². The van der Waals surface area contributed by atoms with Gasteiger partial charge in [-0.1, -0.05) is 91.0 Å². The predicted molar refractivity (Wildman–Crippen MR) is 173 cm³/mol. The molecule has 0 spiro atoms. The fraction of sp³-hybridized carbons (Fsp3) is 0.389. The van der Waals surface area contributed by atoms with Gasteiger partial charge < -0.3 is 33.5 Å². The first kappa shape index (κ1) is 34.4. The van der Waals surface area contributed by atoms with Crippen molar-refractivity contribution in [2.75, 3.05) is 33.7 Å². The van der Waals surface area contributed by atoms with Crippen molar-refractivity contribution in [2.24, 2.45) is 0 Å². The van der Waals surface area contributed by atoms with E-state index in [-0.39, 0.29) is 53.0 Å². The number of methoxy groups -OCH3 is 1. The minimum Gasteiger partial charge on any atom is -0.393 e. The summed E-state index contributed by atoms with van der Waals surface area (Å²) in [6.07, 6.45) is 0.622. The Balaban J connectivity index is 1.48. The highest BCUT2D eigenvalue weighted by Crippen LogP contribution is 2.47. The van der Waals surface area contributed by atoms with Gasteiger partial charge in [-0.15, -0.1) is 0 Å². The van der Waals surface area contributed by atoms with E-state index in [9.17, 15) is 14.7 Å². The van der Waals surface area contributed by atoms with Gasteiger partial charge in [0.2, 0.25) is 0 Å². The smallest absolute Gasteiger partial charge is 0.335 e. The highest BCUT2D eigenvalue weighted by atomic mass is 16.7. The number of ether oxygens (including phenoxy) is 6. The van der Waals surface area contributed by atoms with Gasteiger partial charge in [-0.3, -0.25) is 9.36 Å². The van der Waals surface area contributed by atoms with Crippen molar-refractivity contribution >= 4 is 0 Å². The summed E-state index contributed by atoms with van der Waals surface area (Å²) in [4.78, 5) is 27.0. The van der Waals surface area contributed by atoms with Crippen LogP contribution in [-0.4, -0.2) is 59.2 Å². The second-order valence-corrected chi connectivity index (χ2v) is 11.6. The van der Waals surface area contributed by atoms with Crippen LogP contribution in [0, 0.1) is 6.92 Å². The quantitative estimate of drug-likeness (QED) is 0.134. The van der Waals surface area contributed by atoms with E-state index in [1.165, 1.54) is 17.9 Å². The van der Waals surface area contributed by atoms with Crippen LogP contribution in [-0.2, 0) is 55.0 Å². The summed E-state index contributed by atoms with van der Waals surface area (Å²) in [6, 6.07) is 28.7. The maximum Gasteiger partial charge on any atom is 0.335 e. The Hall–Kier alpha value is -3.94. The largest absolute Gasteiger partial charge is 0.393 e. The van der Waals surface area contributed by atoms with E-state index >= 15 is 0 Å². The third-order valence-corrected chi connectivity index (χ3v) is 8.30. The number of aliphatic hydroxyl groups excluding tert-OH is 1. The van der Waals surface area contributed by atoms with Crippen LogP contribution in [0.5, 0.6) is 0 Å². The molecule has 11 heteroatoms. The highest BCUT2D eigenvalue weighted by Gasteiger charge is 2.62. The molecule has 0 aliphatic carbocycles. The van der Waals surface area contributed by atoms with Gasteiger partial charge in [-0.2, -0.15) is 0 Å². The Bertz CT molecular complexity index is 1660. The van der Waals surface area contributed by atoms with E-state index in [0.29, 0.717) is 5.56 Å². The number of nitrogens with zero attached hydrogens (tertiary/aromatic N) is 2. The first-order valence-electron chi connectivity index (χ1n) is 15.5. The van der Waals surface area contributed by atoms with E-state index in [0.717, 1.165) is 21.3 Å². The SMILES string of the molecule is COCOC[C@]1(OCc2ccccc2)C[C@H](n2cc(C)c(=O)n(COCc3ccccc3)c2=O)O[C@]1(CO)COCc1ccccc1. The molecule has 1 aliphatic heterocycles. The summed E-state index contributed by atoms with van der Waals surface area (Å²) in [5.74, 6) is 0. The van der Waals surface area contributed by atoms with Crippen molar-refractivity contribution in [3.05, 3.63) is 140 Å². The minimum absolute atomic E-state index is 0.0316. The molecule has 3 aromatic carbocycles. The van der Waals surface area contributed by atoms with E-state index in [2.05, 4.69) is 0 Å². The average Bonchev–Trinajstić information content (AvgIpc) is 3.42. The molecule has 250 valence electrons. The Morgan fingerprint density at radius 3 is 1.96 bits per heavy atom. The maximum atomic E-state index is 13.9. The molecule has 11 nitrogen and oxygen atoms in total. The zero-order valence-electron chi connectivity index (χ0n) is 26.8. The molecule has 0 saturated carbocycles. The van der Waals surface area contributed by atoms with Gasteiger partial charge in [-0.25, -0.2) is 9.36 Å². The molecule has 0 bridgehead atoms. The summed E-state index contributed by atoms with van der Waals surface area (Å²) in [6.45, 7) is 1.39. The summed E-state index contributed by atoms with van der Waals surface area (Å²) < 4.78 is 38.7. The number of hydrogen-bond acceptors (Lipinski definition) is 9. The molecule has 2 heterocycles. The molecule has 4 aromatic rings. The molecular formula is C36H42N2O9. The second-order valence-electron chi connectivity index (χ2n) is 11.6. The van der Waals surface area contributed by atoms with E-state index in [4.69, 9.17) is 28.4 Å². The van der Waals surface area contributed by atoms with Crippen LogP contribution in [0.25, 0.3) is 0 Å². The number of rotatable bonds is 17. The van der Waals surface area contributed by atoms with Crippen molar-refractivity contribution in [1.29, 1.82) is 0 Å². The highest BCUT2D eigenvalue weighted by molar-refractivity contribution is 5.17. The molecule has 5 rings (SSSR count). The molecule has 47 heavy (non-hydrogen) atoms. The molecule has 1 aliphatic rings. The van der Waals surface area contributed by atoms with Crippen LogP contribution in [0.4, 0.5) is 0 Å². The maximum absolute atomic E-state index is 13.9. The zero-order valence-corrected chi connectivity index (χ0v) is 26.8. The molecule has 1 N–H and O–H groups in total. The molecule has 3 atom stereocenters. The van der Waals surface area contributed by atoms with Gasteiger partial charge in [0.1, 0.15) is 31.0 Å². The van der Waals surface area contributed by atoms with Crippen LogP contribution in [0.3, 0.4) is 0 Å². The van der Waals surface area contributed by atoms with Gasteiger partial charge in [0.25, 0.3) is 5.56 Å². The zero-order chi connectivity index (χ0) is 33.1. The van der Waals surface area contributed by atoms with Gasteiger partial charge in [0.15, 0.2) is 0 Å². The van der Waals surface area contributed by atoms with E-state index in [1.807, 2.05) is 91.0 Å². The molecule has 1 aromatic heterocycles. The fourth-order valence-corrected chi connectivity index (χ4v) is 5.75. The standard InChI is InChI=1S/C36H42N2O9/c1-28-19-37(34(41)38(33(28)40)26-44-21-30-14-8-4-9-15-30)32-18-35(24-45-27-42-2,46-22-31-16-10-5-11-17-31)36(23-39,47-32)25-43-20-29-12-6-3-7-13-29/h3-17,19,32,39H,18,20-27H2,1-2H3/t32-,35-,36-/m1/s1. The number of aliphatic hydroxyl groups is 1. The predicted octanol–water partition coefficient (Wildman–Crippen LogP) is 3.94. The van der Waals surface area contributed by atoms with Crippen LogP contribution < -0.4 is 11.2 Å². The summed E-state index contributed by atoms with van der Waals surface area (Å²) in [5.41, 5.74) is -0.772. The lowest BCUT2D eigenvalue weighted by Crippen LogP contribution is -2.60. The lowest BCUT2D eigenvalue weighted by Gasteiger charge is -2.42. The Morgan fingerprint density at radius 1 is 0.809 bits per heavy atom. The molecular weight excluding hydrogens is 604 g/mol. The van der Waals surface area contributed by atoms with Crippen LogP contribution in [0.15, 0.2) is 107 Å². The first-order chi connectivity index (χ1) is 22.9. The first-order valence-corrected chi connectivity index (χ1v) is 15.5. The third kappa shape index (κ3) is 8.14.